The average Bonchev–Trinajstić information content (AvgIpc) is 2.27. The zero-order valence-electron chi connectivity index (χ0n) is 8.77. The van der Waals surface area contributed by atoms with Crippen LogP contribution in [0.1, 0.15) is 18.6 Å². The Morgan fingerprint density at radius 2 is 2.00 bits per heavy atom. The van der Waals surface area contributed by atoms with Crippen LogP contribution in [0.15, 0.2) is 41.9 Å². The standard InChI is InChI=1S/C12H12Cl2O2/c1-9(15)16-12(11(14)7-8-13)10-5-3-2-4-6-10/h2-8,11-12H,1H3/b8-7+. The van der Waals surface area contributed by atoms with Gasteiger partial charge in [0.1, 0.15) is 6.10 Å². The summed E-state index contributed by atoms with van der Waals surface area (Å²) in [5.41, 5.74) is 2.16. The van der Waals surface area contributed by atoms with Crippen LogP contribution in [0.2, 0.25) is 0 Å². The van der Waals surface area contributed by atoms with E-state index in [2.05, 4.69) is 0 Å². The maximum Gasteiger partial charge on any atom is 0.303 e. The van der Waals surface area contributed by atoms with Crippen molar-refractivity contribution in [2.45, 2.75) is 18.4 Å². The van der Waals surface area contributed by atoms with E-state index in [0.29, 0.717) is 0 Å². The van der Waals surface area contributed by atoms with Gasteiger partial charge in [-0.2, -0.15) is 0 Å². The lowest BCUT2D eigenvalue weighted by atomic mass is 10.1. The lowest BCUT2D eigenvalue weighted by Gasteiger charge is -2.20. The van der Waals surface area contributed by atoms with E-state index in [1.165, 1.54) is 12.5 Å². The Kier molecular flexibility index (Phi) is 5.36. The summed E-state index contributed by atoms with van der Waals surface area (Å²) in [5.74, 6) is -0.373. The first-order chi connectivity index (χ1) is 7.65. The third kappa shape index (κ3) is 3.87. The Morgan fingerprint density at radius 1 is 1.38 bits per heavy atom. The minimum atomic E-state index is -0.518. The second-order valence-electron chi connectivity index (χ2n) is 3.20. The number of ether oxygens (including phenoxy) is 1. The SMILES string of the molecule is CC(=O)OC(c1ccccc1)C(Cl)/C=C/Cl. The molecular formula is C12H12Cl2O2. The van der Waals surface area contributed by atoms with E-state index in [1.807, 2.05) is 30.3 Å². The van der Waals surface area contributed by atoms with Gasteiger partial charge in [-0.1, -0.05) is 48.0 Å². The molecule has 2 unspecified atom stereocenters. The highest BCUT2D eigenvalue weighted by Gasteiger charge is 2.21. The van der Waals surface area contributed by atoms with Crippen LogP contribution >= 0.6 is 23.2 Å². The van der Waals surface area contributed by atoms with E-state index < -0.39 is 11.5 Å². The highest BCUT2D eigenvalue weighted by atomic mass is 35.5. The summed E-state index contributed by atoms with van der Waals surface area (Å²) in [6, 6.07) is 9.31. The quantitative estimate of drug-likeness (QED) is 0.609. The van der Waals surface area contributed by atoms with E-state index in [0.717, 1.165) is 5.56 Å². The molecule has 0 amide bonds. The van der Waals surface area contributed by atoms with Gasteiger partial charge in [0, 0.05) is 12.5 Å². The molecule has 0 spiro atoms. The van der Waals surface area contributed by atoms with Crippen LogP contribution in [0.5, 0.6) is 0 Å². The molecule has 1 aromatic rings. The summed E-state index contributed by atoms with van der Waals surface area (Å²) in [7, 11) is 0. The van der Waals surface area contributed by atoms with Gasteiger partial charge in [-0.25, -0.2) is 0 Å². The number of carbonyl (C=O) groups excluding carboxylic acids is 1. The van der Waals surface area contributed by atoms with Crippen LogP contribution in [0.4, 0.5) is 0 Å². The summed E-state index contributed by atoms with van der Waals surface area (Å²) in [6.07, 6.45) is 1.05. The minimum absolute atomic E-state index is 0.373. The van der Waals surface area contributed by atoms with Crippen LogP contribution < -0.4 is 0 Å². The van der Waals surface area contributed by atoms with Crippen LogP contribution in [0, 0.1) is 0 Å². The first kappa shape index (κ1) is 13.1. The minimum Gasteiger partial charge on any atom is -0.456 e. The summed E-state index contributed by atoms with van der Waals surface area (Å²) in [4.78, 5) is 11.0. The van der Waals surface area contributed by atoms with Crippen molar-refractivity contribution in [2.24, 2.45) is 0 Å². The summed E-state index contributed by atoms with van der Waals surface area (Å²) < 4.78 is 5.17. The average molecular weight is 259 g/mol. The Balaban J connectivity index is 2.91. The number of alkyl halides is 1. The molecule has 0 aromatic heterocycles. The van der Waals surface area contributed by atoms with Crippen LogP contribution in [-0.4, -0.2) is 11.3 Å². The van der Waals surface area contributed by atoms with Crippen molar-refractivity contribution in [2.75, 3.05) is 0 Å². The second kappa shape index (κ2) is 6.56. The van der Waals surface area contributed by atoms with Gasteiger partial charge in [-0.15, -0.1) is 11.6 Å². The maximum atomic E-state index is 11.0. The molecule has 0 aliphatic heterocycles. The van der Waals surface area contributed by atoms with Crippen molar-refractivity contribution in [3.05, 3.63) is 47.5 Å². The molecular weight excluding hydrogens is 247 g/mol. The van der Waals surface area contributed by atoms with Gasteiger partial charge in [-0.3, -0.25) is 4.79 Å². The van der Waals surface area contributed by atoms with E-state index in [1.54, 1.807) is 6.08 Å². The van der Waals surface area contributed by atoms with Crippen LogP contribution in [-0.2, 0) is 9.53 Å². The van der Waals surface area contributed by atoms with Gasteiger partial charge in [0.2, 0.25) is 0 Å². The van der Waals surface area contributed by atoms with E-state index >= 15 is 0 Å². The number of esters is 1. The maximum absolute atomic E-state index is 11.0. The molecule has 1 aromatic carbocycles. The Labute approximate surface area is 105 Å². The lowest BCUT2D eigenvalue weighted by Crippen LogP contribution is -2.17. The molecule has 0 N–H and O–H groups in total. The third-order valence-electron chi connectivity index (χ3n) is 1.97. The number of carbonyl (C=O) groups is 1. The molecule has 0 fully saturated rings. The molecule has 0 aliphatic carbocycles. The van der Waals surface area contributed by atoms with Gasteiger partial charge in [-0.05, 0) is 5.56 Å². The molecule has 0 radical (unpaired) electrons. The van der Waals surface area contributed by atoms with Gasteiger partial charge < -0.3 is 4.74 Å². The van der Waals surface area contributed by atoms with Gasteiger partial charge in [0.15, 0.2) is 0 Å². The summed E-state index contributed by atoms with van der Waals surface area (Å²) in [6.45, 7) is 1.35. The summed E-state index contributed by atoms with van der Waals surface area (Å²) >= 11 is 11.5. The fraction of sp³-hybridized carbons (Fsp3) is 0.250. The highest BCUT2D eigenvalue weighted by molar-refractivity contribution is 6.27. The van der Waals surface area contributed by atoms with Gasteiger partial charge >= 0.3 is 5.97 Å². The van der Waals surface area contributed by atoms with Crippen molar-refractivity contribution in [3.63, 3.8) is 0 Å². The lowest BCUT2D eigenvalue weighted by molar-refractivity contribution is -0.146. The number of hydrogen-bond acceptors (Lipinski definition) is 2. The molecule has 4 heteroatoms. The first-order valence-corrected chi connectivity index (χ1v) is 5.65. The van der Waals surface area contributed by atoms with Crippen molar-refractivity contribution in [1.82, 2.24) is 0 Å². The Morgan fingerprint density at radius 3 is 2.50 bits per heavy atom. The van der Waals surface area contributed by atoms with Crippen LogP contribution in [0.3, 0.4) is 0 Å². The topological polar surface area (TPSA) is 26.3 Å². The van der Waals surface area contributed by atoms with Crippen molar-refractivity contribution in [1.29, 1.82) is 0 Å². The predicted octanol–water partition coefficient (Wildman–Crippen LogP) is 3.65. The zero-order valence-corrected chi connectivity index (χ0v) is 10.3. The van der Waals surface area contributed by atoms with Gasteiger partial charge in [0.25, 0.3) is 0 Å². The predicted molar refractivity (Wildman–Crippen MR) is 65.6 cm³/mol. The van der Waals surface area contributed by atoms with E-state index in [-0.39, 0.29) is 5.97 Å². The zero-order chi connectivity index (χ0) is 12.0. The number of hydrogen-bond donors (Lipinski definition) is 0. The molecule has 0 bridgehead atoms. The molecule has 0 saturated carbocycles. The molecule has 2 nitrogen and oxygen atoms in total. The summed E-state index contributed by atoms with van der Waals surface area (Å²) in [5, 5.41) is -0.483. The molecule has 0 aliphatic rings. The first-order valence-electron chi connectivity index (χ1n) is 4.78. The third-order valence-corrected chi connectivity index (χ3v) is 2.49. The van der Waals surface area contributed by atoms with Crippen LogP contribution in [0.25, 0.3) is 0 Å². The monoisotopic (exact) mass is 258 g/mol. The molecule has 0 heterocycles. The highest BCUT2D eigenvalue weighted by Crippen LogP contribution is 2.26. The van der Waals surface area contributed by atoms with E-state index in [4.69, 9.17) is 27.9 Å². The second-order valence-corrected chi connectivity index (χ2v) is 3.96. The number of rotatable bonds is 4. The Bertz CT molecular complexity index is 363. The molecule has 16 heavy (non-hydrogen) atoms. The molecule has 86 valence electrons. The molecule has 1 rings (SSSR count). The van der Waals surface area contributed by atoms with Crippen molar-refractivity contribution >= 4 is 29.2 Å². The van der Waals surface area contributed by atoms with Gasteiger partial charge in [0.05, 0.1) is 5.38 Å². The fourth-order valence-electron chi connectivity index (χ4n) is 1.31. The number of halogens is 2. The fourth-order valence-corrected chi connectivity index (χ4v) is 1.81. The Hall–Kier alpha value is -0.990. The smallest absolute Gasteiger partial charge is 0.303 e. The molecule has 0 saturated heterocycles. The van der Waals surface area contributed by atoms with E-state index in [9.17, 15) is 4.79 Å². The van der Waals surface area contributed by atoms with Crippen molar-refractivity contribution in [3.8, 4) is 0 Å². The largest absolute Gasteiger partial charge is 0.456 e. The number of benzene rings is 1. The molecule has 2 atom stereocenters. The van der Waals surface area contributed by atoms with Crippen molar-refractivity contribution < 1.29 is 9.53 Å². The normalized spacial score (nSPS) is 14.7.